The summed E-state index contributed by atoms with van der Waals surface area (Å²) in [5.41, 5.74) is 0.493. The van der Waals surface area contributed by atoms with Gasteiger partial charge in [-0.2, -0.15) is 0 Å². The van der Waals surface area contributed by atoms with Gasteiger partial charge in [-0.05, 0) is 49.3 Å². The van der Waals surface area contributed by atoms with E-state index in [0.717, 1.165) is 25.3 Å². The molecule has 5 nitrogen and oxygen atoms in total. The fourth-order valence-electron chi connectivity index (χ4n) is 4.47. The number of carbonyl (C=O) groups is 2. The standard InChI is InChI=1S/C18H18F2N2O3/c1-25-18(24)14-8-2-3-9(6-8)16(14)22-17(23)13-7-10-12(21-13)5-4-11(19)15(10)20/h4-5,7-9,14,16,21H,2-3,6H2,1H3,(H,22,23)/t8-,9-,14+,16+/m0/s1. The summed E-state index contributed by atoms with van der Waals surface area (Å²) in [5, 5.41) is 2.93. The van der Waals surface area contributed by atoms with Gasteiger partial charge < -0.3 is 15.0 Å². The van der Waals surface area contributed by atoms with E-state index < -0.39 is 17.5 Å². The predicted octanol–water partition coefficient (Wildman–Crippen LogP) is 2.76. The molecule has 2 fully saturated rings. The minimum Gasteiger partial charge on any atom is -0.469 e. The van der Waals surface area contributed by atoms with Gasteiger partial charge in [0.15, 0.2) is 11.6 Å². The Morgan fingerprint density at radius 3 is 2.76 bits per heavy atom. The molecule has 1 aromatic carbocycles. The Hall–Kier alpha value is -2.44. The molecule has 132 valence electrons. The smallest absolute Gasteiger partial charge is 0.311 e. The number of esters is 1. The summed E-state index contributed by atoms with van der Waals surface area (Å²) in [6.45, 7) is 0. The Morgan fingerprint density at radius 2 is 2.00 bits per heavy atom. The normalized spacial score (nSPS) is 27.6. The van der Waals surface area contributed by atoms with Crippen molar-refractivity contribution < 1.29 is 23.1 Å². The summed E-state index contributed by atoms with van der Waals surface area (Å²) in [5.74, 6) is -2.54. The molecule has 0 aliphatic heterocycles. The zero-order chi connectivity index (χ0) is 17.7. The van der Waals surface area contributed by atoms with Gasteiger partial charge >= 0.3 is 5.97 Å². The van der Waals surface area contributed by atoms with Gasteiger partial charge in [-0.25, -0.2) is 8.78 Å². The minimum absolute atomic E-state index is 0.0302. The second-order valence-corrected chi connectivity index (χ2v) is 6.89. The summed E-state index contributed by atoms with van der Waals surface area (Å²) >= 11 is 0. The van der Waals surface area contributed by atoms with Gasteiger partial charge in [0.05, 0.1) is 13.0 Å². The number of halogens is 2. The van der Waals surface area contributed by atoms with Crippen LogP contribution < -0.4 is 5.32 Å². The van der Waals surface area contributed by atoms with Gasteiger partial charge in [0.25, 0.3) is 5.91 Å². The lowest BCUT2D eigenvalue weighted by Gasteiger charge is -2.29. The number of aromatic nitrogens is 1. The molecule has 7 heteroatoms. The topological polar surface area (TPSA) is 71.2 Å². The van der Waals surface area contributed by atoms with Gasteiger partial charge in [-0.15, -0.1) is 0 Å². The average molecular weight is 348 g/mol. The van der Waals surface area contributed by atoms with Crippen LogP contribution in [0.4, 0.5) is 8.78 Å². The van der Waals surface area contributed by atoms with E-state index in [0.29, 0.717) is 5.52 Å². The van der Waals surface area contributed by atoms with Crippen molar-refractivity contribution in [3.8, 4) is 0 Å². The van der Waals surface area contributed by atoms with E-state index in [1.165, 1.54) is 19.2 Å². The van der Waals surface area contributed by atoms with Crippen LogP contribution in [0.2, 0.25) is 0 Å². The van der Waals surface area contributed by atoms with E-state index in [2.05, 4.69) is 10.3 Å². The Balaban J connectivity index is 1.59. The number of carbonyl (C=O) groups excluding carboxylic acids is 2. The molecule has 0 radical (unpaired) electrons. The monoisotopic (exact) mass is 348 g/mol. The first kappa shape index (κ1) is 16.1. The molecule has 1 aromatic heterocycles. The van der Waals surface area contributed by atoms with E-state index in [4.69, 9.17) is 4.74 Å². The average Bonchev–Trinajstić information content (AvgIpc) is 3.31. The van der Waals surface area contributed by atoms with Gasteiger partial charge in [0.1, 0.15) is 5.69 Å². The van der Waals surface area contributed by atoms with Crippen molar-refractivity contribution in [3.63, 3.8) is 0 Å². The van der Waals surface area contributed by atoms with Gasteiger partial charge in [0, 0.05) is 16.9 Å². The van der Waals surface area contributed by atoms with Crippen LogP contribution in [0.3, 0.4) is 0 Å². The molecule has 2 aliphatic carbocycles. The van der Waals surface area contributed by atoms with Crippen LogP contribution >= 0.6 is 0 Å². The SMILES string of the molecule is COC(=O)[C@@H]1[C@H]2CC[C@@H](C2)[C@H]1NC(=O)c1cc2c(F)c(F)ccc2[nH]1. The quantitative estimate of drug-likeness (QED) is 0.838. The molecule has 25 heavy (non-hydrogen) atoms. The number of fused-ring (bicyclic) bond motifs is 3. The van der Waals surface area contributed by atoms with E-state index in [9.17, 15) is 18.4 Å². The van der Waals surface area contributed by atoms with Crippen molar-refractivity contribution >= 4 is 22.8 Å². The van der Waals surface area contributed by atoms with E-state index in [1.54, 1.807) is 0 Å². The van der Waals surface area contributed by atoms with Crippen LogP contribution in [0, 0.1) is 29.4 Å². The minimum atomic E-state index is -0.986. The number of aromatic amines is 1. The molecule has 2 aromatic rings. The van der Waals surface area contributed by atoms with E-state index in [1.807, 2.05) is 0 Å². The zero-order valence-electron chi connectivity index (χ0n) is 13.6. The number of benzene rings is 1. The lowest BCUT2D eigenvalue weighted by atomic mass is 9.84. The van der Waals surface area contributed by atoms with Crippen LogP contribution in [0.5, 0.6) is 0 Å². The number of hydrogen-bond donors (Lipinski definition) is 2. The first-order valence-electron chi connectivity index (χ1n) is 8.35. The third-order valence-electron chi connectivity index (χ3n) is 5.62. The van der Waals surface area contributed by atoms with Crippen LogP contribution in [0.1, 0.15) is 29.8 Å². The molecule has 2 bridgehead atoms. The Morgan fingerprint density at radius 1 is 1.24 bits per heavy atom. The largest absolute Gasteiger partial charge is 0.469 e. The highest BCUT2D eigenvalue weighted by Gasteiger charge is 2.52. The van der Waals surface area contributed by atoms with Crippen molar-refractivity contribution in [3.05, 3.63) is 35.5 Å². The summed E-state index contributed by atoms with van der Waals surface area (Å²) < 4.78 is 32.0. The number of ether oxygens (including phenoxy) is 1. The molecule has 4 rings (SSSR count). The first-order chi connectivity index (χ1) is 12.0. The molecule has 2 N–H and O–H groups in total. The maximum atomic E-state index is 13.8. The fourth-order valence-corrected chi connectivity index (χ4v) is 4.47. The summed E-state index contributed by atoms with van der Waals surface area (Å²) in [6, 6.07) is 3.41. The molecule has 0 spiro atoms. The van der Waals surface area contributed by atoms with Crippen molar-refractivity contribution in [2.24, 2.45) is 17.8 Å². The maximum Gasteiger partial charge on any atom is 0.311 e. The number of nitrogens with one attached hydrogen (secondary N) is 2. The highest BCUT2D eigenvalue weighted by molar-refractivity contribution is 5.98. The van der Waals surface area contributed by atoms with Crippen molar-refractivity contribution in [1.82, 2.24) is 10.3 Å². The molecule has 0 saturated heterocycles. The molecular formula is C18H18F2N2O3. The molecule has 2 saturated carbocycles. The maximum absolute atomic E-state index is 13.8. The summed E-state index contributed by atoms with van der Waals surface area (Å²) in [6.07, 6.45) is 2.83. The molecule has 2 aliphatic rings. The van der Waals surface area contributed by atoms with E-state index in [-0.39, 0.29) is 40.8 Å². The lowest BCUT2D eigenvalue weighted by Crippen LogP contribution is -2.47. The first-order valence-corrected chi connectivity index (χ1v) is 8.35. The number of H-pyrrole nitrogens is 1. The summed E-state index contributed by atoms with van der Waals surface area (Å²) in [4.78, 5) is 27.5. The van der Waals surface area contributed by atoms with Crippen LogP contribution in [-0.2, 0) is 9.53 Å². The second-order valence-electron chi connectivity index (χ2n) is 6.89. The van der Waals surface area contributed by atoms with Crippen LogP contribution in [0.15, 0.2) is 18.2 Å². The van der Waals surface area contributed by atoms with Crippen molar-refractivity contribution in [2.75, 3.05) is 7.11 Å². The number of methoxy groups -OCH3 is 1. The predicted molar refractivity (Wildman–Crippen MR) is 85.8 cm³/mol. The van der Waals surface area contributed by atoms with Crippen LogP contribution in [-0.4, -0.2) is 30.0 Å². The van der Waals surface area contributed by atoms with E-state index >= 15 is 0 Å². The van der Waals surface area contributed by atoms with Crippen LogP contribution in [0.25, 0.3) is 10.9 Å². The summed E-state index contributed by atoms with van der Waals surface area (Å²) in [7, 11) is 1.35. The Kier molecular flexibility index (Phi) is 3.74. The Labute approximate surface area is 142 Å². The number of hydrogen-bond acceptors (Lipinski definition) is 3. The highest BCUT2D eigenvalue weighted by Crippen LogP contribution is 2.49. The fraction of sp³-hybridized carbons (Fsp3) is 0.444. The number of amides is 1. The van der Waals surface area contributed by atoms with Gasteiger partial charge in [0.2, 0.25) is 0 Å². The van der Waals surface area contributed by atoms with Crippen molar-refractivity contribution in [1.29, 1.82) is 0 Å². The van der Waals surface area contributed by atoms with Gasteiger partial charge in [-0.3, -0.25) is 9.59 Å². The molecule has 4 atom stereocenters. The second kappa shape index (κ2) is 5.82. The molecule has 1 amide bonds. The zero-order valence-corrected chi connectivity index (χ0v) is 13.6. The third kappa shape index (κ3) is 2.49. The molecule has 1 heterocycles. The molecular weight excluding hydrogens is 330 g/mol. The highest BCUT2D eigenvalue weighted by atomic mass is 19.2. The van der Waals surface area contributed by atoms with Crippen molar-refractivity contribution in [2.45, 2.75) is 25.3 Å². The van der Waals surface area contributed by atoms with Gasteiger partial charge in [-0.1, -0.05) is 0 Å². The third-order valence-corrected chi connectivity index (χ3v) is 5.62. The molecule has 0 unspecified atom stereocenters. The lowest BCUT2D eigenvalue weighted by molar-refractivity contribution is -0.148. The Bertz CT molecular complexity index is 863. The number of rotatable bonds is 3.